The predicted molar refractivity (Wildman–Crippen MR) is 59.7 cm³/mol. The number of carbonyl (C=O) groups is 1. The van der Waals surface area contributed by atoms with Crippen LogP contribution in [0.1, 0.15) is 17.3 Å². The highest BCUT2D eigenvalue weighted by molar-refractivity contribution is 5.94. The molecule has 1 fully saturated rings. The maximum absolute atomic E-state index is 13.0. The fraction of sp³-hybridized carbons (Fsp3) is 0.417. The Balaban J connectivity index is 2.18. The van der Waals surface area contributed by atoms with Gasteiger partial charge >= 0.3 is 0 Å². The van der Waals surface area contributed by atoms with E-state index >= 15 is 0 Å². The van der Waals surface area contributed by atoms with E-state index in [-0.39, 0.29) is 17.5 Å². The van der Waals surface area contributed by atoms with Crippen molar-refractivity contribution >= 4 is 5.91 Å². The average Bonchev–Trinajstić information content (AvgIpc) is 2.26. The molecule has 17 heavy (non-hydrogen) atoms. The third-order valence-electron chi connectivity index (χ3n) is 2.77. The average molecular weight is 240 g/mol. The summed E-state index contributed by atoms with van der Waals surface area (Å²) in [5, 5.41) is 3.20. The number of nitrogens with one attached hydrogen (secondary N) is 1. The van der Waals surface area contributed by atoms with Gasteiger partial charge in [0.25, 0.3) is 5.91 Å². The summed E-state index contributed by atoms with van der Waals surface area (Å²) in [5.74, 6) is -1.77. The minimum absolute atomic E-state index is 0.0663. The van der Waals surface area contributed by atoms with Crippen LogP contribution in [0.5, 0.6) is 0 Å². The Morgan fingerprint density at radius 2 is 2.00 bits per heavy atom. The molecule has 5 heteroatoms. The van der Waals surface area contributed by atoms with E-state index in [1.165, 1.54) is 0 Å². The lowest BCUT2D eigenvalue weighted by Gasteiger charge is -2.31. The van der Waals surface area contributed by atoms with E-state index < -0.39 is 11.6 Å². The van der Waals surface area contributed by atoms with Gasteiger partial charge in [0, 0.05) is 37.3 Å². The molecular formula is C12H14F2N2O. The highest BCUT2D eigenvalue weighted by Gasteiger charge is 2.22. The Morgan fingerprint density at radius 1 is 1.35 bits per heavy atom. The first kappa shape index (κ1) is 12.0. The summed E-state index contributed by atoms with van der Waals surface area (Å²) < 4.78 is 26.0. The van der Waals surface area contributed by atoms with Crippen LogP contribution in [0.4, 0.5) is 8.78 Å². The number of rotatable bonds is 1. The van der Waals surface area contributed by atoms with Crippen LogP contribution in [0.15, 0.2) is 18.2 Å². The maximum atomic E-state index is 13.0. The molecule has 0 spiro atoms. The first-order valence-electron chi connectivity index (χ1n) is 5.55. The van der Waals surface area contributed by atoms with Crippen LogP contribution < -0.4 is 5.32 Å². The van der Waals surface area contributed by atoms with Crippen molar-refractivity contribution < 1.29 is 13.6 Å². The minimum Gasteiger partial charge on any atom is -0.336 e. The van der Waals surface area contributed by atoms with Crippen molar-refractivity contribution in [3.63, 3.8) is 0 Å². The summed E-state index contributed by atoms with van der Waals surface area (Å²) in [6.07, 6.45) is 0. The topological polar surface area (TPSA) is 32.3 Å². The zero-order valence-electron chi connectivity index (χ0n) is 9.54. The molecule has 1 aromatic rings. The molecule has 92 valence electrons. The summed E-state index contributed by atoms with van der Waals surface area (Å²) >= 11 is 0. The molecule has 0 bridgehead atoms. The zero-order chi connectivity index (χ0) is 12.4. The Bertz CT molecular complexity index is 416. The van der Waals surface area contributed by atoms with E-state index in [4.69, 9.17) is 0 Å². The minimum atomic E-state index is -0.725. The van der Waals surface area contributed by atoms with Crippen LogP contribution in [-0.4, -0.2) is 36.5 Å². The van der Waals surface area contributed by atoms with Gasteiger partial charge in [0.2, 0.25) is 0 Å². The van der Waals surface area contributed by atoms with E-state index in [1.807, 2.05) is 6.92 Å². The van der Waals surface area contributed by atoms with E-state index in [0.29, 0.717) is 19.6 Å². The third kappa shape index (κ3) is 2.79. The van der Waals surface area contributed by atoms with Gasteiger partial charge in [-0.1, -0.05) is 0 Å². The number of amides is 1. The fourth-order valence-electron chi connectivity index (χ4n) is 1.98. The number of piperazine rings is 1. The lowest BCUT2D eigenvalue weighted by molar-refractivity contribution is 0.0708. The fourth-order valence-corrected chi connectivity index (χ4v) is 1.98. The highest BCUT2D eigenvalue weighted by atomic mass is 19.1. The molecule has 0 radical (unpaired) electrons. The highest BCUT2D eigenvalue weighted by Crippen LogP contribution is 2.12. The molecule has 1 unspecified atom stereocenters. The van der Waals surface area contributed by atoms with Gasteiger partial charge in [0.05, 0.1) is 0 Å². The van der Waals surface area contributed by atoms with Crippen molar-refractivity contribution in [1.82, 2.24) is 10.2 Å². The molecule has 1 aliphatic rings. The second kappa shape index (κ2) is 4.79. The summed E-state index contributed by atoms with van der Waals surface area (Å²) in [4.78, 5) is 13.6. The van der Waals surface area contributed by atoms with Crippen molar-refractivity contribution in [2.75, 3.05) is 19.6 Å². The summed E-state index contributed by atoms with van der Waals surface area (Å²) in [6.45, 7) is 3.77. The molecule has 1 N–H and O–H groups in total. The molecule has 1 aliphatic heterocycles. The van der Waals surface area contributed by atoms with Gasteiger partial charge in [-0.15, -0.1) is 0 Å². The first-order chi connectivity index (χ1) is 8.06. The van der Waals surface area contributed by atoms with Crippen molar-refractivity contribution in [3.05, 3.63) is 35.4 Å². The lowest BCUT2D eigenvalue weighted by Crippen LogP contribution is -2.51. The standard InChI is InChI=1S/C12H14F2N2O/c1-8-7-16(3-2-15-8)12(17)9-4-10(13)6-11(14)5-9/h4-6,8,15H,2-3,7H2,1H3. The van der Waals surface area contributed by atoms with E-state index in [9.17, 15) is 13.6 Å². The Hall–Kier alpha value is -1.49. The van der Waals surface area contributed by atoms with Crippen molar-refractivity contribution in [1.29, 1.82) is 0 Å². The molecule has 1 amide bonds. The van der Waals surface area contributed by atoms with Crippen LogP contribution in [-0.2, 0) is 0 Å². The van der Waals surface area contributed by atoms with Gasteiger partial charge in [0.1, 0.15) is 11.6 Å². The number of halogens is 2. The second-order valence-electron chi connectivity index (χ2n) is 4.26. The van der Waals surface area contributed by atoms with Gasteiger partial charge in [-0.25, -0.2) is 8.78 Å². The monoisotopic (exact) mass is 240 g/mol. The number of benzene rings is 1. The largest absolute Gasteiger partial charge is 0.336 e. The normalized spacial score (nSPS) is 20.4. The number of nitrogens with zero attached hydrogens (tertiary/aromatic N) is 1. The quantitative estimate of drug-likeness (QED) is 0.804. The zero-order valence-corrected chi connectivity index (χ0v) is 9.54. The molecule has 1 saturated heterocycles. The van der Waals surface area contributed by atoms with Gasteiger partial charge in [0.15, 0.2) is 0 Å². The number of carbonyl (C=O) groups excluding carboxylic acids is 1. The molecule has 2 rings (SSSR count). The third-order valence-corrected chi connectivity index (χ3v) is 2.77. The first-order valence-corrected chi connectivity index (χ1v) is 5.55. The van der Waals surface area contributed by atoms with E-state index in [2.05, 4.69) is 5.32 Å². The SMILES string of the molecule is CC1CN(C(=O)c2cc(F)cc(F)c2)CCN1. The Kier molecular flexibility index (Phi) is 3.38. The maximum Gasteiger partial charge on any atom is 0.254 e. The summed E-state index contributed by atoms with van der Waals surface area (Å²) in [5.41, 5.74) is 0.0663. The summed E-state index contributed by atoms with van der Waals surface area (Å²) in [6, 6.07) is 3.10. The molecule has 1 heterocycles. The molecule has 0 aliphatic carbocycles. The smallest absolute Gasteiger partial charge is 0.254 e. The van der Waals surface area contributed by atoms with Crippen LogP contribution in [0, 0.1) is 11.6 Å². The van der Waals surface area contributed by atoms with Crippen molar-refractivity contribution in [2.45, 2.75) is 13.0 Å². The van der Waals surface area contributed by atoms with Crippen molar-refractivity contribution in [3.8, 4) is 0 Å². The van der Waals surface area contributed by atoms with E-state index in [1.54, 1.807) is 4.90 Å². The molecule has 3 nitrogen and oxygen atoms in total. The van der Waals surface area contributed by atoms with Crippen LogP contribution in [0.2, 0.25) is 0 Å². The molecule has 1 aromatic carbocycles. The number of hydrogen-bond donors (Lipinski definition) is 1. The van der Waals surface area contributed by atoms with E-state index in [0.717, 1.165) is 18.2 Å². The lowest BCUT2D eigenvalue weighted by atomic mass is 10.1. The van der Waals surface area contributed by atoms with Gasteiger partial charge in [-0.05, 0) is 19.1 Å². The Morgan fingerprint density at radius 3 is 2.59 bits per heavy atom. The van der Waals surface area contributed by atoms with Crippen LogP contribution >= 0.6 is 0 Å². The van der Waals surface area contributed by atoms with Crippen LogP contribution in [0.3, 0.4) is 0 Å². The van der Waals surface area contributed by atoms with Gasteiger partial charge in [-0.2, -0.15) is 0 Å². The van der Waals surface area contributed by atoms with Crippen molar-refractivity contribution in [2.24, 2.45) is 0 Å². The Labute approximate surface area is 98.4 Å². The molecule has 1 atom stereocenters. The van der Waals surface area contributed by atoms with Crippen LogP contribution in [0.25, 0.3) is 0 Å². The van der Waals surface area contributed by atoms with Gasteiger partial charge in [-0.3, -0.25) is 4.79 Å². The summed E-state index contributed by atoms with van der Waals surface area (Å²) in [7, 11) is 0. The number of hydrogen-bond acceptors (Lipinski definition) is 2. The molecular weight excluding hydrogens is 226 g/mol. The molecule has 0 saturated carbocycles. The molecule has 0 aromatic heterocycles. The predicted octanol–water partition coefficient (Wildman–Crippen LogP) is 1.40. The van der Waals surface area contributed by atoms with Gasteiger partial charge < -0.3 is 10.2 Å². The second-order valence-corrected chi connectivity index (χ2v) is 4.26.